The summed E-state index contributed by atoms with van der Waals surface area (Å²) < 4.78 is 58.9. The van der Waals surface area contributed by atoms with E-state index < -0.39 is 21.8 Å². The molecule has 0 aromatic heterocycles. The Bertz CT molecular complexity index is 464. The summed E-state index contributed by atoms with van der Waals surface area (Å²) in [6.45, 7) is 5.80. The third-order valence-corrected chi connectivity index (χ3v) is 3.70. The van der Waals surface area contributed by atoms with Crippen molar-refractivity contribution >= 4 is 9.84 Å². The highest BCUT2D eigenvalue weighted by Gasteiger charge is 2.35. The Morgan fingerprint density at radius 2 is 1.72 bits per heavy atom. The van der Waals surface area contributed by atoms with Gasteiger partial charge in [0, 0.05) is 0 Å². The Morgan fingerprint density at radius 1 is 1.17 bits per heavy atom. The van der Waals surface area contributed by atoms with Crippen molar-refractivity contribution in [1.29, 1.82) is 0 Å². The average molecular weight is 282 g/mol. The predicted octanol–water partition coefficient (Wildman–Crippen LogP) is 3.61. The molecule has 0 saturated carbocycles. The number of alkyl halides is 3. The van der Waals surface area contributed by atoms with Gasteiger partial charge in [-0.05, 0) is 24.1 Å². The van der Waals surface area contributed by atoms with Crippen LogP contribution in [-0.4, -0.2) is 20.3 Å². The van der Waals surface area contributed by atoms with Gasteiger partial charge in [-0.2, -0.15) is 13.2 Å². The summed E-state index contributed by atoms with van der Waals surface area (Å²) in [7, 11) is -4.28. The number of sulfone groups is 1. The predicted molar refractivity (Wildman–Crippen MR) is 65.3 cm³/mol. The number of halogens is 3. The second kappa shape index (κ2) is 6.78. The van der Waals surface area contributed by atoms with Crippen LogP contribution in [0.4, 0.5) is 13.2 Å². The van der Waals surface area contributed by atoms with Crippen LogP contribution in [0.3, 0.4) is 0 Å². The fourth-order valence-corrected chi connectivity index (χ4v) is 2.47. The summed E-state index contributed by atoms with van der Waals surface area (Å²) in [5, 5.41) is 0. The van der Waals surface area contributed by atoms with E-state index >= 15 is 0 Å². The lowest BCUT2D eigenvalue weighted by Gasteiger charge is -2.08. The number of rotatable bonds is 3. The van der Waals surface area contributed by atoms with Crippen molar-refractivity contribution in [3.05, 3.63) is 29.8 Å². The van der Waals surface area contributed by atoms with Gasteiger partial charge in [0.05, 0.1) is 4.90 Å². The molecule has 0 bridgehead atoms. The first kappa shape index (κ1) is 17.0. The van der Waals surface area contributed by atoms with E-state index in [2.05, 4.69) is 0 Å². The highest BCUT2D eigenvalue weighted by Crippen LogP contribution is 2.22. The summed E-state index contributed by atoms with van der Waals surface area (Å²) in [5.74, 6) is -1.81. The van der Waals surface area contributed by atoms with Crippen LogP contribution in [0, 0.1) is 0 Å². The summed E-state index contributed by atoms with van der Waals surface area (Å²) >= 11 is 0. The van der Waals surface area contributed by atoms with Crippen LogP contribution >= 0.6 is 0 Å². The molecule has 0 amide bonds. The Hall–Kier alpha value is -1.04. The fraction of sp³-hybridized carbons (Fsp3) is 0.500. The van der Waals surface area contributed by atoms with Crippen molar-refractivity contribution in [2.24, 2.45) is 0 Å². The molecular weight excluding hydrogens is 265 g/mol. The molecule has 0 aliphatic carbocycles. The minimum atomic E-state index is -4.71. The van der Waals surface area contributed by atoms with Crippen molar-refractivity contribution < 1.29 is 21.6 Å². The standard InChI is InChI=1S/C10H11F3O2S.C2H6/c1-2-8-4-3-5-9(6-8)16(14,15)7-10(11,12)13;1-2/h3-6H,2,7H2,1H3;1-2H3. The van der Waals surface area contributed by atoms with Gasteiger partial charge < -0.3 is 0 Å². The Labute approximate surface area is 106 Å². The molecule has 0 aliphatic heterocycles. The molecule has 104 valence electrons. The summed E-state index contributed by atoms with van der Waals surface area (Å²) in [5.41, 5.74) is 0.697. The summed E-state index contributed by atoms with van der Waals surface area (Å²) in [6, 6.07) is 5.58. The zero-order valence-corrected chi connectivity index (χ0v) is 11.4. The van der Waals surface area contributed by atoms with Gasteiger partial charge >= 0.3 is 6.18 Å². The summed E-state index contributed by atoms with van der Waals surface area (Å²) in [4.78, 5) is -0.274. The molecule has 6 heteroatoms. The minimum absolute atomic E-state index is 0.274. The third kappa shape index (κ3) is 5.53. The molecule has 18 heavy (non-hydrogen) atoms. The van der Waals surface area contributed by atoms with Crippen LogP contribution in [0.5, 0.6) is 0 Å². The molecule has 0 atom stereocenters. The van der Waals surface area contributed by atoms with Gasteiger partial charge in [-0.1, -0.05) is 32.9 Å². The van der Waals surface area contributed by atoms with E-state index in [0.717, 1.165) is 0 Å². The van der Waals surface area contributed by atoms with E-state index in [1.54, 1.807) is 13.0 Å². The van der Waals surface area contributed by atoms with E-state index in [1.807, 2.05) is 13.8 Å². The normalized spacial score (nSPS) is 11.7. The largest absolute Gasteiger partial charge is 0.403 e. The molecule has 0 saturated heterocycles. The maximum absolute atomic E-state index is 12.0. The molecule has 1 aromatic rings. The zero-order valence-electron chi connectivity index (χ0n) is 10.6. The fourth-order valence-electron chi connectivity index (χ4n) is 1.26. The molecular formula is C12H17F3O2S. The van der Waals surface area contributed by atoms with Crippen molar-refractivity contribution in [2.45, 2.75) is 38.3 Å². The highest BCUT2D eigenvalue weighted by atomic mass is 32.2. The van der Waals surface area contributed by atoms with Crippen LogP contribution in [0.2, 0.25) is 0 Å². The molecule has 2 nitrogen and oxygen atoms in total. The molecule has 0 spiro atoms. The lowest BCUT2D eigenvalue weighted by atomic mass is 10.2. The van der Waals surface area contributed by atoms with Gasteiger partial charge in [-0.15, -0.1) is 0 Å². The Morgan fingerprint density at radius 3 is 2.17 bits per heavy atom. The van der Waals surface area contributed by atoms with E-state index in [9.17, 15) is 21.6 Å². The van der Waals surface area contributed by atoms with Gasteiger partial charge in [0.1, 0.15) is 0 Å². The van der Waals surface area contributed by atoms with E-state index in [-0.39, 0.29) is 4.90 Å². The van der Waals surface area contributed by atoms with Gasteiger partial charge in [0.25, 0.3) is 0 Å². The molecule has 0 aliphatic rings. The van der Waals surface area contributed by atoms with Gasteiger partial charge in [0.15, 0.2) is 15.6 Å². The average Bonchev–Trinajstić information content (AvgIpc) is 2.29. The summed E-state index contributed by atoms with van der Waals surface area (Å²) in [6.07, 6.45) is -4.13. The van der Waals surface area contributed by atoms with Gasteiger partial charge in [0.2, 0.25) is 0 Å². The molecule has 0 unspecified atom stereocenters. The van der Waals surface area contributed by atoms with Gasteiger partial charge in [-0.3, -0.25) is 0 Å². The van der Waals surface area contributed by atoms with Gasteiger partial charge in [-0.25, -0.2) is 8.42 Å². The molecule has 0 fully saturated rings. The quantitative estimate of drug-likeness (QED) is 0.848. The molecule has 0 N–H and O–H groups in total. The van der Waals surface area contributed by atoms with Crippen LogP contribution in [0.15, 0.2) is 29.2 Å². The monoisotopic (exact) mass is 282 g/mol. The smallest absolute Gasteiger partial charge is 0.223 e. The van der Waals surface area contributed by atoms with Crippen LogP contribution in [0.1, 0.15) is 26.3 Å². The molecule has 1 rings (SSSR count). The first-order valence-electron chi connectivity index (χ1n) is 5.63. The Balaban J connectivity index is 0.00000137. The SMILES string of the molecule is CC.CCc1cccc(S(=O)(=O)CC(F)(F)F)c1. The number of benzene rings is 1. The molecule has 1 aromatic carbocycles. The topological polar surface area (TPSA) is 34.1 Å². The maximum atomic E-state index is 12.0. The minimum Gasteiger partial charge on any atom is -0.223 e. The highest BCUT2D eigenvalue weighted by molar-refractivity contribution is 7.91. The number of aryl methyl sites for hydroxylation is 1. The van der Waals surface area contributed by atoms with E-state index in [4.69, 9.17) is 0 Å². The van der Waals surface area contributed by atoms with Crippen molar-refractivity contribution in [3.63, 3.8) is 0 Å². The first-order valence-corrected chi connectivity index (χ1v) is 7.28. The Kier molecular flexibility index (Phi) is 6.38. The molecule has 0 radical (unpaired) electrons. The number of hydrogen-bond acceptors (Lipinski definition) is 2. The van der Waals surface area contributed by atoms with Crippen molar-refractivity contribution in [3.8, 4) is 0 Å². The van der Waals surface area contributed by atoms with Crippen LogP contribution in [0.25, 0.3) is 0 Å². The lowest BCUT2D eigenvalue weighted by Crippen LogP contribution is -2.22. The molecule has 0 heterocycles. The van der Waals surface area contributed by atoms with Crippen LogP contribution in [-0.2, 0) is 16.3 Å². The van der Waals surface area contributed by atoms with Crippen molar-refractivity contribution in [1.82, 2.24) is 0 Å². The van der Waals surface area contributed by atoms with Crippen molar-refractivity contribution in [2.75, 3.05) is 5.75 Å². The first-order chi connectivity index (χ1) is 8.24. The zero-order chi connectivity index (χ0) is 14.4. The maximum Gasteiger partial charge on any atom is 0.403 e. The number of hydrogen-bond donors (Lipinski definition) is 0. The lowest BCUT2D eigenvalue weighted by molar-refractivity contribution is -0.106. The van der Waals surface area contributed by atoms with Crippen LogP contribution < -0.4 is 0 Å². The van der Waals surface area contributed by atoms with E-state index in [0.29, 0.717) is 12.0 Å². The van der Waals surface area contributed by atoms with E-state index in [1.165, 1.54) is 18.2 Å². The second-order valence-corrected chi connectivity index (χ2v) is 5.36. The third-order valence-electron chi connectivity index (χ3n) is 2.02. The second-order valence-electron chi connectivity index (χ2n) is 3.38.